The Kier molecular flexibility index (Phi) is 6.31. The van der Waals surface area contributed by atoms with E-state index >= 15 is 0 Å². The summed E-state index contributed by atoms with van der Waals surface area (Å²) >= 11 is 0. The lowest BCUT2D eigenvalue weighted by atomic mass is 9.98. The molecule has 0 unspecified atom stereocenters. The summed E-state index contributed by atoms with van der Waals surface area (Å²) in [5, 5.41) is 5.75. The standard InChI is InChI=1S/C20H26N4O3S/c1-15-10-16(2)12-18(11-15)23-20(25)22-13-17-5-8-24(9-6-17)28(26,27)19-4-3-7-21-14-19/h3-4,7,10-12,14,17H,5-6,8-9,13H2,1-2H3,(H2,22,23,25). The van der Waals surface area contributed by atoms with E-state index in [9.17, 15) is 13.2 Å². The van der Waals surface area contributed by atoms with E-state index in [4.69, 9.17) is 0 Å². The van der Waals surface area contributed by atoms with E-state index in [-0.39, 0.29) is 16.8 Å². The zero-order chi connectivity index (χ0) is 20.1. The number of hydrogen-bond acceptors (Lipinski definition) is 4. The zero-order valence-corrected chi connectivity index (χ0v) is 17.0. The molecule has 2 amide bonds. The molecule has 28 heavy (non-hydrogen) atoms. The Balaban J connectivity index is 1.47. The number of benzene rings is 1. The lowest BCUT2D eigenvalue weighted by molar-refractivity contribution is 0.240. The van der Waals surface area contributed by atoms with E-state index in [1.807, 2.05) is 26.0 Å². The molecular formula is C20H26N4O3S. The molecule has 0 bridgehead atoms. The lowest BCUT2D eigenvalue weighted by Gasteiger charge is -2.31. The van der Waals surface area contributed by atoms with E-state index in [2.05, 4.69) is 21.7 Å². The fraction of sp³-hybridized carbons (Fsp3) is 0.400. The first-order valence-electron chi connectivity index (χ1n) is 9.38. The first-order chi connectivity index (χ1) is 13.3. The normalized spacial score (nSPS) is 15.9. The fourth-order valence-electron chi connectivity index (χ4n) is 3.46. The molecule has 1 saturated heterocycles. The van der Waals surface area contributed by atoms with Crippen LogP contribution in [0.2, 0.25) is 0 Å². The number of hydrogen-bond donors (Lipinski definition) is 2. The summed E-state index contributed by atoms with van der Waals surface area (Å²) in [5.74, 6) is 0.255. The average molecular weight is 403 g/mol. The number of nitrogens with one attached hydrogen (secondary N) is 2. The number of amides is 2. The van der Waals surface area contributed by atoms with Crippen molar-refractivity contribution in [1.82, 2.24) is 14.6 Å². The molecule has 150 valence electrons. The second-order valence-corrected chi connectivity index (χ2v) is 9.19. The average Bonchev–Trinajstić information content (AvgIpc) is 2.66. The molecule has 0 aliphatic carbocycles. The van der Waals surface area contributed by atoms with Crippen molar-refractivity contribution in [2.45, 2.75) is 31.6 Å². The van der Waals surface area contributed by atoms with Gasteiger partial charge in [0.1, 0.15) is 4.90 Å². The van der Waals surface area contributed by atoms with Crippen molar-refractivity contribution >= 4 is 21.7 Å². The molecule has 7 nitrogen and oxygen atoms in total. The maximum Gasteiger partial charge on any atom is 0.319 e. The van der Waals surface area contributed by atoms with Gasteiger partial charge in [-0.25, -0.2) is 13.2 Å². The molecule has 1 fully saturated rings. The van der Waals surface area contributed by atoms with Crippen LogP contribution in [0.15, 0.2) is 47.6 Å². The van der Waals surface area contributed by atoms with Crippen LogP contribution >= 0.6 is 0 Å². The molecule has 2 N–H and O–H groups in total. The van der Waals surface area contributed by atoms with Gasteiger partial charge in [0.15, 0.2) is 0 Å². The Labute approximate surface area is 166 Å². The number of pyridine rings is 1. The van der Waals surface area contributed by atoms with Crippen molar-refractivity contribution in [1.29, 1.82) is 0 Å². The van der Waals surface area contributed by atoms with Gasteiger partial charge in [0.05, 0.1) is 0 Å². The Morgan fingerprint density at radius 3 is 2.46 bits per heavy atom. The summed E-state index contributed by atoms with van der Waals surface area (Å²) in [7, 11) is -3.49. The largest absolute Gasteiger partial charge is 0.338 e. The fourth-order valence-corrected chi connectivity index (χ4v) is 4.90. The summed E-state index contributed by atoms with van der Waals surface area (Å²) in [6.07, 6.45) is 4.35. The molecule has 1 aromatic heterocycles. The summed E-state index contributed by atoms with van der Waals surface area (Å²) in [4.78, 5) is 16.3. The van der Waals surface area contributed by atoms with Gasteiger partial charge in [-0.2, -0.15) is 4.31 Å². The summed E-state index contributed by atoms with van der Waals surface area (Å²) in [6.45, 7) is 5.40. The van der Waals surface area contributed by atoms with Gasteiger partial charge in [-0.1, -0.05) is 6.07 Å². The molecule has 0 spiro atoms. The van der Waals surface area contributed by atoms with Crippen molar-refractivity contribution in [2.24, 2.45) is 5.92 Å². The van der Waals surface area contributed by atoms with Crippen LogP contribution in [-0.4, -0.2) is 43.4 Å². The number of carbonyl (C=O) groups is 1. The van der Waals surface area contributed by atoms with Crippen LogP contribution < -0.4 is 10.6 Å². The quantitative estimate of drug-likeness (QED) is 0.804. The summed E-state index contributed by atoms with van der Waals surface area (Å²) in [5.41, 5.74) is 2.96. The number of carbonyl (C=O) groups excluding carboxylic acids is 1. The van der Waals surface area contributed by atoms with Gasteiger partial charge in [0.2, 0.25) is 10.0 Å². The predicted molar refractivity (Wildman–Crippen MR) is 109 cm³/mol. The van der Waals surface area contributed by atoms with Crippen LogP contribution in [0, 0.1) is 19.8 Å². The maximum atomic E-state index is 12.6. The predicted octanol–water partition coefficient (Wildman–Crippen LogP) is 2.92. The molecule has 8 heteroatoms. The van der Waals surface area contributed by atoms with Crippen molar-refractivity contribution in [3.05, 3.63) is 53.9 Å². The van der Waals surface area contributed by atoms with E-state index < -0.39 is 10.0 Å². The Morgan fingerprint density at radius 2 is 1.86 bits per heavy atom. The Bertz CT molecular complexity index is 903. The number of aromatic nitrogens is 1. The van der Waals surface area contributed by atoms with E-state index in [0.717, 1.165) is 16.8 Å². The van der Waals surface area contributed by atoms with Gasteiger partial charge >= 0.3 is 6.03 Å². The SMILES string of the molecule is Cc1cc(C)cc(NC(=O)NCC2CCN(S(=O)(=O)c3cccnc3)CC2)c1. The highest BCUT2D eigenvalue weighted by atomic mass is 32.2. The number of sulfonamides is 1. The smallest absolute Gasteiger partial charge is 0.319 e. The molecule has 2 aromatic rings. The van der Waals surface area contributed by atoms with E-state index in [0.29, 0.717) is 32.5 Å². The van der Waals surface area contributed by atoms with Crippen molar-refractivity contribution < 1.29 is 13.2 Å². The van der Waals surface area contributed by atoms with Gasteiger partial charge in [-0.05, 0) is 68.0 Å². The second-order valence-electron chi connectivity index (χ2n) is 7.25. The van der Waals surface area contributed by atoms with Gasteiger partial charge in [0.25, 0.3) is 0 Å². The van der Waals surface area contributed by atoms with Crippen molar-refractivity contribution in [3.63, 3.8) is 0 Å². The first-order valence-corrected chi connectivity index (χ1v) is 10.8. The highest BCUT2D eigenvalue weighted by molar-refractivity contribution is 7.89. The van der Waals surface area contributed by atoms with Gasteiger partial charge in [-0.15, -0.1) is 0 Å². The van der Waals surface area contributed by atoms with Crippen molar-refractivity contribution in [3.8, 4) is 0 Å². The third kappa shape index (κ3) is 5.08. The minimum Gasteiger partial charge on any atom is -0.338 e. The number of aryl methyl sites for hydroxylation is 2. The number of piperidine rings is 1. The molecule has 0 saturated carbocycles. The number of rotatable bonds is 5. The molecule has 0 radical (unpaired) electrons. The highest BCUT2D eigenvalue weighted by Gasteiger charge is 2.29. The maximum absolute atomic E-state index is 12.6. The zero-order valence-electron chi connectivity index (χ0n) is 16.2. The topological polar surface area (TPSA) is 91.4 Å². The van der Waals surface area contributed by atoms with Crippen LogP contribution in [0.4, 0.5) is 10.5 Å². The minimum atomic E-state index is -3.49. The number of anilines is 1. The number of nitrogens with zero attached hydrogens (tertiary/aromatic N) is 2. The highest BCUT2D eigenvalue weighted by Crippen LogP contribution is 2.23. The van der Waals surface area contributed by atoms with Crippen LogP contribution in [0.1, 0.15) is 24.0 Å². The summed E-state index contributed by atoms with van der Waals surface area (Å²) in [6, 6.07) is 8.85. The Morgan fingerprint density at radius 1 is 1.18 bits per heavy atom. The van der Waals surface area contributed by atoms with Gasteiger partial charge in [-0.3, -0.25) is 4.98 Å². The first kappa shape index (κ1) is 20.3. The minimum absolute atomic E-state index is 0.222. The van der Waals surface area contributed by atoms with Gasteiger partial charge < -0.3 is 10.6 Å². The lowest BCUT2D eigenvalue weighted by Crippen LogP contribution is -2.42. The molecule has 1 aromatic carbocycles. The van der Waals surface area contributed by atoms with Gasteiger partial charge in [0, 0.05) is 37.7 Å². The third-order valence-electron chi connectivity index (χ3n) is 4.88. The monoisotopic (exact) mass is 402 g/mol. The van der Waals surface area contributed by atoms with E-state index in [1.54, 1.807) is 18.3 Å². The van der Waals surface area contributed by atoms with Crippen molar-refractivity contribution in [2.75, 3.05) is 25.0 Å². The molecule has 3 rings (SSSR count). The Hall–Kier alpha value is -2.45. The van der Waals surface area contributed by atoms with Crippen LogP contribution in [0.25, 0.3) is 0 Å². The molecule has 0 atom stereocenters. The number of urea groups is 1. The molecule has 2 heterocycles. The van der Waals surface area contributed by atoms with Crippen LogP contribution in [0.5, 0.6) is 0 Å². The van der Waals surface area contributed by atoms with E-state index in [1.165, 1.54) is 10.5 Å². The molecule has 1 aliphatic rings. The summed E-state index contributed by atoms with van der Waals surface area (Å²) < 4.78 is 26.7. The van der Waals surface area contributed by atoms with Crippen LogP contribution in [-0.2, 0) is 10.0 Å². The second kappa shape index (κ2) is 8.70. The van der Waals surface area contributed by atoms with Crippen LogP contribution in [0.3, 0.4) is 0 Å². The molecule has 1 aliphatic heterocycles. The molecular weight excluding hydrogens is 376 g/mol. The third-order valence-corrected chi connectivity index (χ3v) is 6.76.